The average molecular weight is 271 g/mol. The third-order valence-electron chi connectivity index (χ3n) is 2.26. The van der Waals surface area contributed by atoms with Gasteiger partial charge in [0.1, 0.15) is 0 Å². The number of halogens is 1. The van der Waals surface area contributed by atoms with Crippen molar-refractivity contribution < 1.29 is 0 Å². The minimum absolute atomic E-state index is 1.03. The van der Waals surface area contributed by atoms with E-state index >= 15 is 0 Å². The van der Waals surface area contributed by atoms with Crippen molar-refractivity contribution in [3.05, 3.63) is 10.6 Å². The summed E-state index contributed by atoms with van der Waals surface area (Å²) in [5.41, 5.74) is 0. The van der Waals surface area contributed by atoms with Crippen LogP contribution in [0.3, 0.4) is 0 Å². The quantitative estimate of drug-likeness (QED) is 0.428. The van der Waals surface area contributed by atoms with Crippen molar-refractivity contribution in [2.24, 2.45) is 0 Å². The molecule has 0 aromatic heterocycles. The zero-order valence-corrected chi connectivity index (χ0v) is 11.7. The van der Waals surface area contributed by atoms with Gasteiger partial charge in [-0.05, 0) is 25.3 Å². The maximum atomic E-state index is 3.56. The summed E-state index contributed by atoms with van der Waals surface area (Å²) >= 11 is 3.56. The van der Waals surface area contributed by atoms with E-state index in [2.05, 4.69) is 41.6 Å². The van der Waals surface area contributed by atoms with Gasteiger partial charge in [0.25, 0.3) is 0 Å². The molecular weight excluding hydrogens is 248 g/mol. The van der Waals surface area contributed by atoms with E-state index in [4.69, 9.17) is 0 Å². The van der Waals surface area contributed by atoms with E-state index in [1.165, 1.54) is 43.0 Å². The Morgan fingerprint density at radius 1 is 1.07 bits per heavy atom. The molecule has 0 radical (unpaired) electrons. The van der Waals surface area contributed by atoms with Crippen molar-refractivity contribution >= 4 is 15.9 Å². The Bertz CT molecular complexity index is 217. The van der Waals surface area contributed by atoms with Crippen molar-refractivity contribution in [3.8, 4) is 11.8 Å². The molecule has 0 atom stereocenters. The minimum atomic E-state index is 1.03. The molecular formula is C14H23Br. The van der Waals surface area contributed by atoms with E-state index < -0.39 is 0 Å². The third kappa shape index (κ3) is 11.7. The summed E-state index contributed by atoms with van der Waals surface area (Å²) < 4.78 is 1.25. The van der Waals surface area contributed by atoms with Crippen LogP contribution in [0.4, 0.5) is 0 Å². The summed E-state index contributed by atoms with van der Waals surface area (Å²) in [7, 11) is 0. The van der Waals surface area contributed by atoms with Gasteiger partial charge in [-0.2, -0.15) is 0 Å². The lowest BCUT2D eigenvalue weighted by Gasteiger charge is -1.97. The Labute approximate surface area is 104 Å². The van der Waals surface area contributed by atoms with E-state index in [1.54, 1.807) is 0 Å². The van der Waals surface area contributed by atoms with Crippen molar-refractivity contribution in [1.82, 2.24) is 0 Å². The smallest absolute Gasteiger partial charge is 0.00921 e. The van der Waals surface area contributed by atoms with Crippen molar-refractivity contribution in [2.75, 3.05) is 0 Å². The first kappa shape index (κ1) is 14.8. The number of unbranched alkanes of at least 4 members (excludes halogenated alkanes) is 5. The molecule has 0 spiro atoms. The number of hydrogen-bond acceptors (Lipinski definition) is 0. The van der Waals surface area contributed by atoms with Crippen LogP contribution in [0.25, 0.3) is 0 Å². The average Bonchev–Trinajstić information content (AvgIpc) is 2.24. The predicted octanol–water partition coefficient (Wildman–Crippen LogP) is 5.43. The van der Waals surface area contributed by atoms with E-state index in [-0.39, 0.29) is 0 Å². The Hall–Kier alpha value is -0.220. The molecule has 0 nitrogen and oxygen atoms in total. The van der Waals surface area contributed by atoms with Gasteiger partial charge in [0.2, 0.25) is 0 Å². The lowest BCUT2D eigenvalue weighted by molar-refractivity contribution is 0.673. The van der Waals surface area contributed by atoms with Gasteiger partial charge in [0.15, 0.2) is 0 Å². The largest absolute Gasteiger partial charge is 0.0985 e. The van der Waals surface area contributed by atoms with E-state index in [1.807, 2.05) is 6.08 Å². The first-order valence-electron chi connectivity index (χ1n) is 6.14. The Morgan fingerprint density at radius 3 is 2.47 bits per heavy atom. The Morgan fingerprint density at radius 2 is 1.80 bits per heavy atom. The molecule has 1 heteroatoms. The summed E-state index contributed by atoms with van der Waals surface area (Å²) in [6, 6.07) is 0. The lowest BCUT2D eigenvalue weighted by Crippen LogP contribution is -1.77. The molecule has 0 saturated heterocycles. The van der Waals surface area contributed by atoms with Crippen LogP contribution in [-0.4, -0.2) is 0 Å². The molecule has 0 amide bonds. The van der Waals surface area contributed by atoms with Crippen LogP contribution in [-0.2, 0) is 0 Å². The van der Waals surface area contributed by atoms with Crippen molar-refractivity contribution in [1.29, 1.82) is 0 Å². The minimum Gasteiger partial charge on any atom is -0.0985 e. The molecule has 0 bridgehead atoms. The van der Waals surface area contributed by atoms with Crippen LogP contribution in [0.1, 0.15) is 65.2 Å². The van der Waals surface area contributed by atoms with Gasteiger partial charge in [0, 0.05) is 10.9 Å². The maximum Gasteiger partial charge on any atom is 0.00921 e. The first-order valence-corrected chi connectivity index (χ1v) is 6.93. The molecule has 0 saturated carbocycles. The van der Waals surface area contributed by atoms with Crippen molar-refractivity contribution in [2.45, 2.75) is 65.2 Å². The van der Waals surface area contributed by atoms with Gasteiger partial charge >= 0.3 is 0 Å². The molecule has 0 rings (SSSR count). The SMILES string of the molecule is CCCCC#C/C=C(\Br)CCCCCC. The molecule has 0 aromatic rings. The van der Waals surface area contributed by atoms with Gasteiger partial charge in [-0.3, -0.25) is 0 Å². The molecule has 0 aliphatic heterocycles. The fourth-order valence-electron chi connectivity index (χ4n) is 1.26. The molecule has 0 aliphatic rings. The second-order valence-electron chi connectivity index (χ2n) is 3.83. The predicted molar refractivity (Wildman–Crippen MR) is 73.1 cm³/mol. The number of allylic oxidation sites excluding steroid dienone is 2. The molecule has 15 heavy (non-hydrogen) atoms. The fraction of sp³-hybridized carbons (Fsp3) is 0.714. The van der Waals surface area contributed by atoms with Crippen molar-refractivity contribution in [3.63, 3.8) is 0 Å². The van der Waals surface area contributed by atoms with Crippen LogP contribution in [0.15, 0.2) is 10.6 Å². The van der Waals surface area contributed by atoms with E-state index in [0.29, 0.717) is 0 Å². The summed E-state index contributed by atoms with van der Waals surface area (Å²) in [6.45, 7) is 4.44. The zero-order valence-electron chi connectivity index (χ0n) is 10.1. The summed E-state index contributed by atoms with van der Waals surface area (Å²) in [5.74, 6) is 6.26. The van der Waals surface area contributed by atoms with Crippen LogP contribution in [0.2, 0.25) is 0 Å². The highest BCUT2D eigenvalue weighted by molar-refractivity contribution is 9.11. The highest BCUT2D eigenvalue weighted by atomic mass is 79.9. The number of hydrogen-bond donors (Lipinski definition) is 0. The highest BCUT2D eigenvalue weighted by Crippen LogP contribution is 2.15. The summed E-state index contributed by atoms with van der Waals surface area (Å²) in [5, 5.41) is 0. The van der Waals surface area contributed by atoms with Gasteiger partial charge in [-0.15, -0.1) is 0 Å². The van der Waals surface area contributed by atoms with Crippen LogP contribution < -0.4 is 0 Å². The molecule has 0 heterocycles. The Kier molecular flexibility index (Phi) is 11.7. The third-order valence-corrected chi connectivity index (χ3v) is 2.88. The molecule has 0 unspecified atom stereocenters. The van der Waals surface area contributed by atoms with Gasteiger partial charge in [0.05, 0.1) is 0 Å². The first-order chi connectivity index (χ1) is 7.31. The van der Waals surface area contributed by atoms with Gasteiger partial charge in [-0.1, -0.05) is 67.3 Å². The zero-order chi connectivity index (χ0) is 11.4. The topological polar surface area (TPSA) is 0 Å². The normalized spacial score (nSPS) is 11.0. The second-order valence-corrected chi connectivity index (χ2v) is 4.85. The molecule has 0 N–H and O–H groups in total. The second kappa shape index (κ2) is 11.9. The molecule has 0 aromatic carbocycles. The summed E-state index contributed by atoms with van der Waals surface area (Å²) in [6.07, 6.45) is 11.9. The van der Waals surface area contributed by atoms with Crippen LogP contribution in [0, 0.1) is 11.8 Å². The molecule has 86 valence electrons. The number of rotatable bonds is 7. The van der Waals surface area contributed by atoms with E-state index in [0.717, 1.165) is 12.8 Å². The molecule has 0 fully saturated rings. The monoisotopic (exact) mass is 270 g/mol. The maximum absolute atomic E-state index is 3.56. The highest BCUT2D eigenvalue weighted by Gasteiger charge is 1.91. The van der Waals surface area contributed by atoms with Crippen LogP contribution in [0.5, 0.6) is 0 Å². The summed E-state index contributed by atoms with van der Waals surface area (Å²) in [4.78, 5) is 0. The fourth-order valence-corrected chi connectivity index (χ4v) is 1.65. The van der Waals surface area contributed by atoms with Gasteiger partial charge < -0.3 is 0 Å². The standard InChI is InChI=1S/C14H23Br/c1-3-5-7-9-11-13-14(15)12-10-8-6-4-2/h13H,3-8,10,12H2,1-2H3/b14-13-. The molecule has 0 aliphatic carbocycles. The van der Waals surface area contributed by atoms with Gasteiger partial charge in [-0.25, -0.2) is 0 Å². The lowest BCUT2D eigenvalue weighted by atomic mass is 10.1. The van der Waals surface area contributed by atoms with E-state index in [9.17, 15) is 0 Å². The Balaban J connectivity index is 3.53. The van der Waals surface area contributed by atoms with Crippen LogP contribution >= 0.6 is 15.9 Å².